The lowest BCUT2D eigenvalue weighted by atomic mass is 9.99. The van der Waals surface area contributed by atoms with Gasteiger partial charge in [-0.2, -0.15) is 0 Å². The number of methoxy groups -OCH3 is 1. The van der Waals surface area contributed by atoms with Gasteiger partial charge in [-0.25, -0.2) is 0 Å². The maximum Gasteiger partial charge on any atom is 0.244 e. The van der Waals surface area contributed by atoms with Gasteiger partial charge in [0.05, 0.1) is 23.5 Å². The minimum atomic E-state index is -0.317. The fourth-order valence-corrected chi connectivity index (χ4v) is 4.15. The molecule has 2 aromatic carbocycles. The van der Waals surface area contributed by atoms with Crippen molar-refractivity contribution in [3.63, 3.8) is 0 Å². The number of para-hydroxylation sites is 1. The average molecular weight is 439 g/mol. The van der Waals surface area contributed by atoms with Crippen LogP contribution >= 0.6 is 11.8 Å². The summed E-state index contributed by atoms with van der Waals surface area (Å²) in [5, 5.41) is 3.28. The van der Waals surface area contributed by atoms with E-state index in [9.17, 15) is 14.4 Å². The summed E-state index contributed by atoms with van der Waals surface area (Å²) in [5.74, 6) is 0.318. The minimum Gasteiger partial charge on any atom is -0.496 e. The number of hydrogen-bond acceptors (Lipinski definition) is 5. The number of thioether (sulfide) groups is 1. The topological polar surface area (TPSA) is 75.7 Å². The molecule has 1 aliphatic heterocycles. The summed E-state index contributed by atoms with van der Waals surface area (Å²) < 4.78 is 5.24. The summed E-state index contributed by atoms with van der Waals surface area (Å²) in [6, 6.07) is 14.6. The number of amides is 2. The summed E-state index contributed by atoms with van der Waals surface area (Å²) >= 11 is 1.25. The first-order chi connectivity index (χ1) is 14.9. The van der Waals surface area contributed by atoms with E-state index in [4.69, 9.17) is 4.74 Å². The second-order valence-electron chi connectivity index (χ2n) is 7.30. The van der Waals surface area contributed by atoms with E-state index >= 15 is 0 Å². The van der Waals surface area contributed by atoms with Crippen molar-refractivity contribution in [1.29, 1.82) is 0 Å². The lowest BCUT2D eigenvalue weighted by molar-refractivity contribution is -0.129. The van der Waals surface area contributed by atoms with Crippen LogP contribution in [-0.2, 0) is 9.59 Å². The Kier molecular flexibility index (Phi) is 7.52. The first kappa shape index (κ1) is 22.6. The molecular weight excluding hydrogens is 412 g/mol. The molecule has 2 aromatic rings. The van der Waals surface area contributed by atoms with Crippen LogP contribution in [0.4, 0.5) is 5.69 Å². The Balaban J connectivity index is 1.69. The third kappa shape index (κ3) is 5.55. The zero-order valence-corrected chi connectivity index (χ0v) is 18.7. The van der Waals surface area contributed by atoms with Crippen molar-refractivity contribution in [3.8, 4) is 5.75 Å². The fraction of sp³-hybridized carbons (Fsp3) is 0.292. The van der Waals surface area contributed by atoms with Gasteiger partial charge in [-0.1, -0.05) is 49.9 Å². The largest absolute Gasteiger partial charge is 0.496 e. The number of carbonyl (C=O) groups excluding carboxylic acids is 3. The molecule has 7 heteroatoms. The number of benzene rings is 2. The van der Waals surface area contributed by atoms with Crippen LogP contribution < -0.4 is 10.1 Å². The van der Waals surface area contributed by atoms with E-state index in [-0.39, 0.29) is 29.9 Å². The molecule has 0 spiro atoms. The molecule has 1 fully saturated rings. The van der Waals surface area contributed by atoms with Gasteiger partial charge in [-0.3, -0.25) is 19.3 Å². The zero-order valence-electron chi connectivity index (χ0n) is 17.9. The SMILES string of the molecule is CCC(C)c1ccc(NC(=O)CN2C(=O)CS/C2=C\C(=O)c2ccccc2OC)cc1. The molecule has 1 unspecified atom stereocenters. The number of anilines is 1. The number of nitrogens with one attached hydrogen (secondary N) is 1. The van der Waals surface area contributed by atoms with Crippen LogP contribution in [0.5, 0.6) is 5.75 Å². The Morgan fingerprint density at radius 2 is 1.90 bits per heavy atom. The van der Waals surface area contributed by atoms with Gasteiger partial charge in [0, 0.05) is 11.8 Å². The van der Waals surface area contributed by atoms with E-state index in [2.05, 4.69) is 19.2 Å². The van der Waals surface area contributed by atoms with E-state index in [0.29, 0.717) is 27.9 Å². The Labute approximate surface area is 186 Å². The Bertz CT molecular complexity index is 1000. The van der Waals surface area contributed by atoms with Gasteiger partial charge in [0.1, 0.15) is 12.3 Å². The molecular formula is C24H26N2O4S. The highest BCUT2D eigenvalue weighted by molar-refractivity contribution is 8.04. The fourth-order valence-electron chi connectivity index (χ4n) is 3.21. The molecule has 0 saturated carbocycles. The molecule has 0 radical (unpaired) electrons. The van der Waals surface area contributed by atoms with Crippen LogP contribution in [0.2, 0.25) is 0 Å². The highest BCUT2D eigenvalue weighted by Gasteiger charge is 2.29. The number of rotatable bonds is 8. The van der Waals surface area contributed by atoms with E-state index < -0.39 is 0 Å². The van der Waals surface area contributed by atoms with Crippen LogP contribution in [0.25, 0.3) is 0 Å². The van der Waals surface area contributed by atoms with Crippen LogP contribution in [0.3, 0.4) is 0 Å². The summed E-state index contributed by atoms with van der Waals surface area (Å²) in [5.41, 5.74) is 2.29. The van der Waals surface area contributed by atoms with Gasteiger partial charge < -0.3 is 10.1 Å². The van der Waals surface area contributed by atoms with Gasteiger partial charge in [0.15, 0.2) is 5.78 Å². The maximum absolute atomic E-state index is 12.7. The van der Waals surface area contributed by atoms with Crippen molar-refractivity contribution in [2.24, 2.45) is 0 Å². The maximum atomic E-state index is 12.7. The molecule has 1 saturated heterocycles. The summed E-state index contributed by atoms with van der Waals surface area (Å²) in [6.45, 7) is 4.14. The van der Waals surface area contributed by atoms with E-state index in [1.165, 1.54) is 35.4 Å². The standard InChI is InChI=1S/C24H26N2O4S/c1-4-16(2)17-9-11-18(12-10-17)25-22(28)14-26-23(29)15-31-24(26)13-20(27)19-7-5-6-8-21(19)30-3/h5-13,16H,4,14-15H2,1-3H3,(H,25,28)/b24-13-. The smallest absolute Gasteiger partial charge is 0.244 e. The molecule has 1 aliphatic rings. The molecule has 0 bridgehead atoms. The van der Waals surface area contributed by atoms with Crippen LogP contribution in [0.1, 0.15) is 42.1 Å². The molecule has 0 aliphatic carbocycles. The van der Waals surface area contributed by atoms with Crippen molar-refractivity contribution in [2.45, 2.75) is 26.2 Å². The normalized spacial score (nSPS) is 15.8. The van der Waals surface area contributed by atoms with Crippen molar-refractivity contribution in [1.82, 2.24) is 4.90 Å². The monoisotopic (exact) mass is 438 g/mol. The first-order valence-corrected chi connectivity index (χ1v) is 11.1. The van der Waals surface area contributed by atoms with Gasteiger partial charge in [0.2, 0.25) is 11.8 Å². The molecule has 2 amide bonds. The van der Waals surface area contributed by atoms with E-state index in [1.54, 1.807) is 24.3 Å². The Morgan fingerprint density at radius 3 is 2.58 bits per heavy atom. The Hall–Kier alpha value is -3.06. The summed E-state index contributed by atoms with van der Waals surface area (Å²) in [7, 11) is 1.50. The van der Waals surface area contributed by atoms with Gasteiger partial charge in [-0.05, 0) is 42.2 Å². The quantitative estimate of drug-likeness (QED) is 0.487. The molecule has 1 N–H and O–H groups in total. The second kappa shape index (κ2) is 10.3. The van der Waals surface area contributed by atoms with Crippen molar-refractivity contribution >= 4 is 35.0 Å². The predicted molar refractivity (Wildman–Crippen MR) is 123 cm³/mol. The molecule has 0 aromatic heterocycles. The number of ketones is 1. The molecule has 3 rings (SSSR count). The number of allylic oxidation sites excluding steroid dienone is 1. The van der Waals surface area contributed by atoms with Crippen LogP contribution in [0, 0.1) is 0 Å². The highest BCUT2D eigenvalue weighted by atomic mass is 32.2. The van der Waals surface area contributed by atoms with Gasteiger partial charge >= 0.3 is 0 Å². The number of hydrogen-bond donors (Lipinski definition) is 1. The summed E-state index contributed by atoms with van der Waals surface area (Å²) in [4.78, 5) is 38.9. The molecule has 6 nitrogen and oxygen atoms in total. The third-order valence-electron chi connectivity index (χ3n) is 5.22. The van der Waals surface area contributed by atoms with Gasteiger partial charge in [-0.15, -0.1) is 0 Å². The lowest BCUT2D eigenvalue weighted by Gasteiger charge is -2.17. The molecule has 1 atom stereocenters. The highest BCUT2D eigenvalue weighted by Crippen LogP contribution is 2.30. The third-order valence-corrected chi connectivity index (χ3v) is 6.24. The summed E-state index contributed by atoms with van der Waals surface area (Å²) in [6.07, 6.45) is 2.44. The lowest BCUT2D eigenvalue weighted by Crippen LogP contribution is -2.34. The number of nitrogens with zero attached hydrogens (tertiary/aromatic N) is 1. The molecule has 162 valence electrons. The van der Waals surface area contributed by atoms with Crippen molar-refractivity contribution in [2.75, 3.05) is 24.7 Å². The van der Waals surface area contributed by atoms with E-state index in [0.717, 1.165) is 6.42 Å². The van der Waals surface area contributed by atoms with Gasteiger partial charge in [0.25, 0.3) is 0 Å². The first-order valence-electron chi connectivity index (χ1n) is 10.1. The number of ether oxygens (including phenoxy) is 1. The van der Waals surface area contributed by atoms with Crippen LogP contribution in [0.15, 0.2) is 59.6 Å². The predicted octanol–water partition coefficient (Wildman–Crippen LogP) is 4.45. The second-order valence-corrected chi connectivity index (χ2v) is 8.29. The minimum absolute atomic E-state index is 0.149. The van der Waals surface area contributed by atoms with Crippen LogP contribution in [-0.4, -0.2) is 41.9 Å². The zero-order chi connectivity index (χ0) is 22.4. The van der Waals surface area contributed by atoms with E-state index in [1.807, 2.05) is 24.3 Å². The molecule has 1 heterocycles. The van der Waals surface area contributed by atoms with Crippen molar-refractivity contribution < 1.29 is 19.1 Å². The van der Waals surface area contributed by atoms with Crippen molar-refractivity contribution in [3.05, 3.63) is 70.8 Å². The average Bonchev–Trinajstić information content (AvgIpc) is 3.12. The molecule has 31 heavy (non-hydrogen) atoms. The number of carbonyl (C=O) groups is 3. The Morgan fingerprint density at radius 1 is 1.19 bits per heavy atom.